The van der Waals surface area contributed by atoms with E-state index in [4.69, 9.17) is 20.4 Å². The first kappa shape index (κ1) is 22.3. The van der Waals surface area contributed by atoms with E-state index in [2.05, 4.69) is 34.3 Å². The van der Waals surface area contributed by atoms with Crippen LogP contribution in [-0.2, 0) is 0 Å². The fraction of sp³-hybridized carbons (Fsp3) is 0.500. The lowest BCUT2D eigenvalue weighted by atomic mass is 10.4. The molecule has 0 bridgehead atoms. The maximum absolute atomic E-state index is 9.38. The largest absolute Gasteiger partial charge is 0.462 e. The highest BCUT2D eigenvalue weighted by Gasteiger charge is 1.91. The summed E-state index contributed by atoms with van der Waals surface area (Å²) >= 11 is 0. The Morgan fingerprint density at radius 2 is 0.750 bits per heavy atom. The van der Waals surface area contributed by atoms with Gasteiger partial charge in [-0.25, -0.2) is 19.2 Å². The number of rotatable bonds is 1. The number of nitrogens with zero attached hydrogens (tertiary/aromatic N) is 4. The number of hydrogen-bond donors (Lipinski definition) is 4. The summed E-state index contributed by atoms with van der Waals surface area (Å²) in [4.78, 5) is 37.5. The molecular weight excluding hydrogens is 280 g/mol. The number of azo groups is 2. The molecule has 0 atom stereocenters. The molecule has 0 saturated carbocycles. The van der Waals surface area contributed by atoms with Crippen molar-refractivity contribution in [3.63, 3.8) is 0 Å². The average molecular weight is 294 g/mol. The summed E-state index contributed by atoms with van der Waals surface area (Å²) in [6.07, 6.45) is -3.83. The fourth-order valence-electron chi connectivity index (χ4n) is 0.171. The van der Waals surface area contributed by atoms with Crippen LogP contribution in [0.5, 0.6) is 0 Å². The van der Waals surface area contributed by atoms with Crippen molar-refractivity contribution in [3.05, 3.63) is 0 Å². The van der Waals surface area contributed by atoms with Gasteiger partial charge in [0.25, 0.3) is 0 Å². The van der Waals surface area contributed by atoms with E-state index >= 15 is 0 Å². The molecule has 0 radical (unpaired) electrons. The second kappa shape index (κ2) is 16.1. The first-order chi connectivity index (χ1) is 9.17. The van der Waals surface area contributed by atoms with Crippen molar-refractivity contribution >= 4 is 24.4 Å². The second-order valence-corrected chi connectivity index (χ2v) is 2.53. The first-order valence-corrected chi connectivity index (χ1v) is 4.92. The van der Waals surface area contributed by atoms with E-state index in [0.717, 1.165) is 0 Å². The highest BCUT2D eigenvalue weighted by atomic mass is 16.4. The standard InChI is InChI=1S/C4H10.2C2H2N2O4/c1-3-4-2;2*5-1(6)3-4-2(7)8/h3-4H2,1-2H3;2*(H,5,6)(H,7,8). The molecule has 0 aromatic rings. The van der Waals surface area contributed by atoms with E-state index in [1.165, 1.54) is 12.8 Å². The zero-order valence-corrected chi connectivity index (χ0v) is 10.6. The van der Waals surface area contributed by atoms with Crippen molar-refractivity contribution in [3.8, 4) is 0 Å². The highest BCUT2D eigenvalue weighted by molar-refractivity contribution is 5.70. The molecule has 0 aliphatic rings. The van der Waals surface area contributed by atoms with Crippen LogP contribution in [-0.4, -0.2) is 44.8 Å². The Labute approximate surface area is 112 Å². The SMILES string of the molecule is CCCC.O=C(O)N=NC(=O)O.O=C(O)N=NC(=O)O. The van der Waals surface area contributed by atoms with E-state index in [1.807, 2.05) is 0 Å². The molecule has 12 nitrogen and oxygen atoms in total. The third-order valence-corrected chi connectivity index (χ3v) is 0.942. The molecule has 0 fully saturated rings. The molecule has 4 N–H and O–H groups in total. The van der Waals surface area contributed by atoms with Gasteiger partial charge < -0.3 is 20.4 Å². The zero-order chi connectivity index (χ0) is 16.6. The van der Waals surface area contributed by atoms with Crippen molar-refractivity contribution in [2.45, 2.75) is 26.7 Å². The van der Waals surface area contributed by atoms with E-state index in [1.54, 1.807) is 0 Å². The molecule has 0 spiro atoms. The van der Waals surface area contributed by atoms with Gasteiger partial charge in [0, 0.05) is 0 Å². The van der Waals surface area contributed by atoms with E-state index in [0.29, 0.717) is 0 Å². The van der Waals surface area contributed by atoms with Gasteiger partial charge in [-0.2, -0.15) is 0 Å². The van der Waals surface area contributed by atoms with Crippen molar-refractivity contribution in [2.75, 3.05) is 0 Å². The number of amides is 4. The Hall–Kier alpha value is -2.92. The number of carbonyl (C=O) groups is 4. The molecule has 0 aromatic heterocycles. The minimum Gasteiger partial charge on any atom is -0.462 e. The Balaban J connectivity index is -0.000000230. The van der Waals surface area contributed by atoms with E-state index in [-0.39, 0.29) is 0 Å². The van der Waals surface area contributed by atoms with Gasteiger partial charge in [-0.05, 0) is 0 Å². The molecule has 0 unspecified atom stereocenters. The summed E-state index contributed by atoms with van der Waals surface area (Å²) < 4.78 is 0. The summed E-state index contributed by atoms with van der Waals surface area (Å²) in [7, 11) is 0. The lowest BCUT2D eigenvalue weighted by Gasteiger charge is -1.72. The topological polar surface area (TPSA) is 199 Å². The van der Waals surface area contributed by atoms with E-state index < -0.39 is 24.4 Å². The molecule has 12 heteroatoms. The molecule has 0 aromatic carbocycles. The van der Waals surface area contributed by atoms with Crippen LogP contribution in [0.2, 0.25) is 0 Å². The minimum atomic E-state index is -1.62. The van der Waals surface area contributed by atoms with E-state index in [9.17, 15) is 19.2 Å². The van der Waals surface area contributed by atoms with Gasteiger partial charge in [0.05, 0.1) is 0 Å². The van der Waals surface area contributed by atoms with Crippen molar-refractivity contribution < 1.29 is 39.6 Å². The van der Waals surface area contributed by atoms with Gasteiger partial charge >= 0.3 is 24.4 Å². The molecule has 114 valence electrons. The van der Waals surface area contributed by atoms with Crippen LogP contribution in [0, 0.1) is 0 Å². The summed E-state index contributed by atoms with van der Waals surface area (Å²) in [6.45, 7) is 4.36. The van der Waals surface area contributed by atoms with Crippen LogP contribution in [0.25, 0.3) is 0 Å². The fourth-order valence-corrected chi connectivity index (χ4v) is 0.171. The molecule has 0 aliphatic carbocycles. The third-order valence-electron chi connectivity index (χ3n) is 0.942. The van der Waals surface area contributed by atoms with Crippen LogP contribution in [0.1, 0.15) is 26.7 Å². The molecule has 20 heavy (non-hydrogen) atoms. The maximum atomic E-state index is 9.38. The number of carboxylic acid groups (broad SMARTS) is 4. The highest BCUT2D eigenvalue weighted by Crippen LogP contribution is 1.77. The molecule has 0 rings (SSSR count). The normalized spacial score (nSPS) is 9.10. The summed E-state index contributed by atoms with van der Waals surface area (Å²) in [5.41, 5.74) is 0. The smallest absolute Gasteiger partial charge is 0.450 e. The monoisotopic (exact) mass is 294 g/mol. The van der Waals surface area contributed by atoms with Gasteiger partial charge in [-0.1, -0.05) is 47.1 Å². The Morgan fingerprint density at radius 3 is 0.800 bits per heavy atom. The molecular formula is C8H14N4O8. The molecule has 0 heterocycles. The predicted molar refractivity (Wildman–Crippen MR) is 62.4 cm³/mol. The Bertz CT molecular complexity index is 311. The Morgan fingerprint density at radius 1 is 0.600 bits per heavy atom. The average Bonchev–Trinajstić information content (AvgIpc) is 2.35. The van der Waals surface area contributed by atoms with Gasteiger partial charge in [0.1, 0.15) is 0 Å². The van der Waals surface area contributed by atoms with Crippen LogP contribution in [0.4, 0.5) is 19.2 Å². The van der Waals surface area contributed by atoms with Crippen LogP contribution in [0.15, 0.2) is 20.5 Å². The molecule has 0 aliphatic heterocycles. The second-order valence-electron chi connectivity index (χ2n) is 2.53. The van der Waals surface area contributed by atoms with Crippen LogP contribution in [0.3, 0.4) is 0 Å². The summed E-state index contributed by atoms with van der Waals surface area (Å²) in [5, 5.41) is 39.6. The maximum Gasteiger partial charge on any atom is 0.450 e. The Kier molecular flexibility index (Phi) is 17.9. The number of hydrogen-bond acceptors (Lipinski definition) is 4. The quantitative estimate of drug-likeness (QED) is 0.526. The lowest BCUT2D eigenvalue weighted by molar-refractivity contribution is 0.194. The number of unbranched alkanes of at least 4 members (excludes halogenated alkanes) is 1. The first-order valence-electron chi connectivity index (χ1n) is 4.92. The van der Waals surface area contributed by atoms with Crippen molar-refractivity contribution in [1.29, 1.82) is 0 Å². The van der Waals surface area contributed by atoms with Crippen LogP contribution < -0.4 is 0 Å². The lowest BCUT2D eigenvalue weighted by Crippen LogP contribution is -1.87. The minimum absolute atomic E-state index is 1.32. The third kappa shape index (κ3) is 45.8. The van der Waals surface area contributed by atoms with Crippen LogP contribution >= 0.6 is 0 Å². The van der Waals surface area contributed by atoms with Crippen molar-refractivity contribution in [1.82, 2.24) is 0 Å². The van der Waals surface area contributed by atoms with Crippen molar-refractivity contribution in [2.24, 2.45) is 20.5 Å². The van der Waals surface area contributed by atoms with Gasteiger partial charge in [-0.3, -0.25) is 0 Å². The molecule has 0 saturated heterocycles. The predicted octanol–water partition coefficient (Wildman–Crippen LogP) is 3.40. The van der Waals surface area contributed by atoms with Gasteiger partial charge in [-0.15, -0.1) is 0 Å². The summed E-state index contributed by atoms with van der Waals surface area (Å²) in [6, 6.07) is 0. The summed E-state index contributed by atoms with van der Waals surface area (Å²) in [5.74, 6) is 0. The van der Waals surface area contributed by atoms with Gasteiger partial charge in [0.15, 0.2) is 0 Å². The zero-order valence-electron chi connectivity index (χ0n) is 10.6. The van der Waals surface area contributed by atoms with Gasteiger partial charge in [0.2, 0.25) is 0 Å². The molecule has 4 amide bonds.